The van der Waals surface area contributed by atoms with Crippen LogP contribution in [0.3, 0.4) is 0 Å². The molecular weight excluding hydrogens is 448 g/mol. The number of amides is 2. The normalized spacial score (nSPS) is 16.0. The standard InChI is InChI=1S/C23H25BrN2O4/c1-13-5-8-20(14(2)9-13)26-11-17(10-22(26)28)23(29)30-12-21(27)25-19-7-6-18(24)15(3)16(19)4/h5-9,17H,10-12H2,1-4H3,(H,25,27)/t17-/m0/s1. The monoisotopic (exact) mass is 472 g/mol. The molecule has 1 aliphatic rings. The number of nitrogens with one attached hydrogen (secondary N) is 1. The molecule has 0 radical (unpaired) electrons. The molecular formula is C23H25BrN2O4. The van der Waals surface area contributed by atoms with Crippen molar-refractivity contribution in [3.63, 3.8) is 0 Å². The largest absolute Gasteiger partial charge is 0.455 e. The van der Waals surface area contributed by atoms with Gasteiger partial charge in [-0.15, -0.1) is 0 Å². The van der Waals surface area contributed by atoms with E-state index >= 15 is 0 Å². The Morgan fingerprint density at radius 2 is 1.87 bits per heavy atom. The average molecular weight is 473 g/mol. The predicted molar refractivity (Wildman–Crippen MR) is 120 cm³/mol. The number of carbonyl (C=O) groups excluding carboxylic acids is 3. The quantitative estimate of drug-likeness (QED) is 0.660. The Morgan fingerprint density at radius 3 is 2.57 bits per heavy atom. The van der Waals surface area contributed by atoms with Gasteiger partial charge in [-0.25, -0.2) is 0 Å². The fourth-order valence-corrected chi connectivity index (χ4v) is 4.00. The molecule has 0 aliphatic carbocycles. The van der Waals surface area contributed by atoms with E-state index in [0.717, 1.165) is 32.4 Å². The van der Waals surface area contributed by atoms with Crippen LogP contribution in [0.2, 0.25) is 0 Å². The summed E-state index contributed by atoms with van der Waals surface area (Å²) in [5.41, 5.74) is 5.54. The van der Waals surface area contributed by atoms with Crippen molar-refractivity contribution in [3.05, 3.63) is 57.1 Å². The summed E-state index contributed by atoms with van der Waals surface area (Å²) < 4.78 is 6.16. The van der Waals surface area contributed by atoms with Crippen molar-refractivity contribution in [1.82, 2.24) is 0 Å². The molecule has 0 spiro atoms. The third-order valence-corrected chi connectivity index (χ3v) is 6.30. The number of esters is 1. The SMILES string of the molecule is Cc1ccc(N2C[C@@H](C(=O)OCC(=O)Nc3ccc(Br)c(C)c3C)CC2=O)c(C)c1. The van der Waals surface area contributed by atoms with E-state index in [0.29, 0.717) is 5.69 Å². The number of aryl methyl sites for hydroxylation is 2. The Labute approximate surface area is 184 Å². The minimum absolute atomic E-state index is 0.0821. The van der Waals surface area contributed by atoms with Crippen LogP contribution in [0.15, 0.2) is 34.8 Å². The first-order valence-electron chi connectivity index (χ1n) is 9.77. The fraction of sp³-hybridized carbons (Fsp3) is 0.348. The van der Waals surface area contributed by atoms with Gasteiger partial charge >= 0.3 is 5.97 Å². The van der Waals surface area contributed by atoms with Gasteiger partial charge in [0.25, 0.3) is 5.91 Å². The van der Waals surface area contributed by atoms with Crippen LogP contribution in [-0.2, 0) is 19.1 Å². The predicted octanol–water partition coefficient (Wildman–Crippen LogP) is 4.22. The number of hydrogen-bond donors (Lipinski definition) is 1. The maximum atomic E-state index is 12.4. The van der Waals surface area contributed by atoms with Crippen LogP contribution in [-0.4, -0.2) is 30.9 Å². The number of rotatable bonds is 5. The molecule has 2 aromatic carbocycles. The molecule has 0 saturated carbocycles. The van der Waals surface area contributed by atoms with E-state index < -0.39 is 17.8 Å². The van der Waals surface area contributed by atoms with Gasteiger partial charge in [0, 0.05) is 28.8 Å². The molecule has 1 heterocycles. The summed E-state index contributed by atoms with van der Waals surface area (Å²) in [6.07, 6.45) is 0.0821. The number of hydrogen-bond acceptors (Lipinski definition) is 4. The highest BCUT2D eigenvalue weighted by Crippen LogP contribution is 2.29. The van der Waals surface area contributed by atoms with Gasteiger partial charge in [0.2, 0.25) is 5.91 Å². The summed E-state index contributed by atoms with van der Waals surface area (Å²) in [5.74, 6) is -1.64. The van der Waals surface area contributed by atoms with Crippen molar-refractivity contribution < 1.29 is 19.1 Å². The number of halogens is 1. The van der Waals surface area contributed by atoms with Gasteiger partial charge in [-0.3, -0.25) is 14.4 Å². The first-order chi connectivity index (χ1) is 14.2. The lowest BCUT2D eigenvalue weighted by Crippen LogP contribution is -2.28. The molecule has 158 valence electrons. The van der Waals surface area contributed by atoms with Gasteiger partial charge in [-0.05, 0) is 62.6 Å². The van der Waals surface area contributed by atoms with Gasteiger partial charge < -0.3 is 15.0 Å². The highest BCUT2D eigenvalue weighted by molar-refractivity contribution is 9.10. The van der Waals surface area contributed by atoms with Crippen LogP contribution in [0.1, 0.15) is 28.7 Å². The second kappa shape index (κ2) is 9.00. The minimum Gasteiger partial charge on any atom is -0.455 e. The second-order valence-electron chi connectivity index (χ2n) is 7.70. The van der Waals surface area contributed by atoms with Crippen LogP contribution >= 0.6 is 15.9 Å². The molecule has 1 atom stereocenters. The molecule has 7 heteroatoms. The Morgan fingerprint density at radius 1 is 1.13 bits per heavy atom. The van der Waals surface area contributed by atoms with Crippen molar-refractivity contribution in [3.8, 4) is 0 Å². The Kier molecular flexibility index (Phi) is 6.61. The van der Waals surface area contributed by atoms with E-state index in [1.165, 1.54) is 0 Å². The topological polar surface area (TPSA) is 75.7 Å². The van der Waals surface area contributed by atoms with Gasteiger partial charge in [0.05, 0.1) is 5.92 Å². The molecule has 30 heavy (non-hydrogen) atoms. The van der Waals surface area contributed by atoms with E-state index in [9.17, 15) is 14.4 Å². The van der Waals surface area contributed by atoms with Crippen molar-refractivity contribution in [2.24, 2.45) is 5.92 Å². The molecule has 2 aromatic rings. The van der Waals surface area contributed by atoms with Gasteiger partial charge in [-0.1, -0.05) is 33.6 Å². The molecule has 1 fully saturated rings. The highest BCUT2D eigenvalue weighted by atomic mass is 79.9. The van der Waals surface area contributed by atoms with Crippen molar-refractivity contribution in [2.45, 2.75) is 34.1 Å². The molecule has 1 aliphatic heterocycles. The number of carbonyl (C=O) groups is 3. The number of nitrogens with zero attached hydrogens (tertiary/aromatic N) is 1. The summed E-state index contributed by atoms with van der Waals surface area (Å²) in [5, 5.41) is 2.77. The second-order valence-corrected chi connectivity index (χ2v) is 8.55. The lowest BCUT2D eigenvalue weighted by molar-refractivity contribution is -0.151. The number of anilines is 2. The zero-order chi connectivity index (χ0) is 22.0. The molecule has 1 saturated heterocycles. The molecule has 6 nitrogen and oxygen atoms in total. The zero-order valence-electron chi connectivity index (χ0n) is 17.5. The van der Waals surface area contributed by atoms with Gasteiger partial charge in [0.15, 0.2) is 6.61 Å². The minimum atomic E-state index is -0.581. The summed E-state index contributed by atoms with van der Waals surface area (Å²) in [6, 6.07) is 9.49. The number of benzene rings is 2. The van der Waals surface area contributed by atoms with Crippen LogP contribution < -0.4 is 10.2 Å². The smallest absolute Gasteiger partial charge is 0.311 e. The van der Waals surface area contributed by atoms with Gasteiger partial charge in [0.1, 0.15) is 0 Å². The molecule has 0 unspecified atom stereocenters. The van der Waals surface area contributed by atoms with Gasteiger partial charge in [-0.2, -0.15) is 0 Å². The zero-order valence-corrected chi connectivity index (χ0v) is 19.1. The number of ether oxygens (including phenoxy) is 1. The van der Waals surface area contributed by atoms with E-state index in [4.69, 9.17) is 4.74 Å². The first kappa shape index (κ1) is 22.0. The van der Waals surface area contributed by atoms with Crippen LogP contribution in [0.5, 0.6) is 0 Å². The maximum Gasteiger partial charge on any atom is 0.311 e. The van der Waals surface area contributed by atoms with Crippen LogP contribution in [0.25, 0.3) is 0 Å². The third-order valence-electron chi connectivity index (χ3n) is 5.44. The molecule has 2 amide bonds. The molecule has 0 bridgehead atoms. The summed E-state index contributed by atoms with van der Waals surface area (Å²) in [4.78, 5) is 38.7. The Balaban J connectivity index is 1.57. The van der Waals surface area contributed by atoms with Crippen LogP contribution in [0.4, 0.5) is 11.4 Å². The van der Waals surface area contributed by atoms with Crippen molar-refractivity contribution in [2.75, 3.05) is 23.4 Å². The molecule has 3 rings (SSSR count). The maximum absolute atomic E-state index is 12.4. The summed E-state index contributed by atoms with van der Waals surface area (Å²) >= 11 is 3.45. The average Bonchev–Trinajstić information content (AvgIpc) is 3.08. The van der Waals surface area contributed by atoms with Crippen LogP contribution in [0, 0.1) is 33.6 Å². The third kappa shape index (κ3) is 4.73. The Bertz CT molecular complexity index is 1020. The summed E-state index contributed by atoms with van der Waals surface area (Å²) in [6.45, 7) is 7.67. The molecule has 1 N–H and O–H groups in total. The van der Waals surface area contributed by atoms with E-state index in [1.54, 1.807) is 11.0 Å². The van der Waals surface area contributed by atoms with Crippen molar-refractivity contribution in [1.29, 1.82) is 0 Å². The van der Waals surface area contributed by atoms with Crippen molar-refractivity contribution >= 4 is 45.1 Å². The molecule has 0 aromatic heterocycles. The van der Waals surface area contributed by atoms with E-state index in [2.05, 4.69) is 21.2 Å². The fourth-order valence-electron chi connectivity index (χ4n) is 3.57. The highest BCUT2D eigenvalue weighted by Gasteiger charge is 2.36. The summed E-state index contributed by atoms with van der Waals surface area (Å²) in [7, 11) is 0. The Hall–Kier alpha value is -2.67. The van der Waals surface area contributed by atoms with E-state index in [-0.39, 0.29) is 25.5 Å². The lowest BCUT2D eigenvalue weighted by atomic mass is 10.1. The first-order valence-corrected chi connectivity index (χ1v) is 10.6. The lowest BCUT2D eigenvalue weighted by Gasteiger charge is -2.19. The van der Waals surface area contributed by atoms with E-state index in [1.807, 2.05) is 52.0 Å².